The van der Waals surface area contributed by atoms with E-state index in [-0.39, 0.29) is 5.91 Å². The Balaban J connectivity index is 1.66. The number of likely N-dealkylation sites (N-methyl/N-ethyl adjacent to an activating group) is 1. The highest BCUT2D eigenvalue weighted by Gasteiger charge is 2.42. The average Bonchev–Trinajstić information content (AvgIpc) is 3.18. The number of hydrogen-bond acceptors (Lipinski definition) is 5. The SMILES string of the molecule is CN(C)CCOc1ccc(NC(=O)C2(n3cccn3)CCNCC2)cc1. The van der Waals surface area contributed by atoms with Gasteiger partial charge in [0.15, 0.2) is 0 Å². The number of anilines is 1. The first-order chi connectivity index (χ1) is 12.6. The van der Waals surface area contributed by atoms with Gasteiger partial charge in [-0.2, -0.15) is 5.10 Å². The van der Waals surface area contributed by atoms with Gasteiger partial charge in [0.1, 0.15) is 17.9 Å². The molecule has 1 fully saturated rings. The summed E-state index contributed by atoms with van der Waals surface area (Å²) in [5.74, 6) is 0.775. The number of piperidine rings is 1. The van der Waals surface area contributed by atoms with Crippen LogP contribution in [0.25, 0.3) is 0 Å². The minimum Gasteiger partial charge on any atom is -0.492 e. The fourth-order valence-electron chi connectivity index (χ4n) is 3.15. The van der Waals surface area contributed by atoms with Crippen LogP contribution in [0.4, 0.5) is 5.69 Å². The summed E-state index contributed by atoms with van der Waals surface area (Å²) in [7, 11) is 4.02. The molecule has 0 bridgehead atoms. The van der Waals surface area contributed by atoms with Gasteiger partial charge in [-0.25, -0.2) is 0 Å². The molecule has 0 aliphatic carbocycles. The number of carbonyl (C=O) groups excluding carboxylic acids is 1. The van der Waals surface area contributed by atoms with Crippen LogP contribution in [0.3, 0.4) is 0 Å². The Morgan fingerprint density at radius 2 is 2.04 bits per heavy atom. The van der Waals surface area contributed by atoms with E-state index in [9.17, 15) is 4.79 Å². The lowest BCUT2D eigenvalue weighted by Crippen LogP contribution is -2.52. The van der Waals surface area contributed by atoms with Crippen molar-refractivity contribution in [3.8, 4) is 5.75 Å². The van der Waals surface area contributed by atoms with Gasteiger partial charge in [-0.05, 0) is 70.4 Å². The van der Waals surface area contributed by atoms with E-state index < -0.39 is 5.54 Å². The summed E-state index contributed by atoms with van der Waals surface area (Å²) in [6.07, 6.45) is 5.02. The monoisotopic (exact) mass is 357 g/mol. The highest BCUT2D eigenvalue weighted by atomic mass is 16.5. The second-order valence-corrected chi connectivity index (χ2v) is 6.86. The summed E-state index contributed by atoms with van der Waals surface area (Å²) in [5, 5.41) is 10.7. The number of ether oxygens (including phenoxy) is 1. The van der Waals surface area contributed by atoms with Gasteiger partial charge < -0.3 is 20.3 Å². The molecule has 3 rings (SSSR count). The molecule has 140 valence electrons. The molecule has 2 heterocycles. The first-order valence-corrected chi connectivity index (χ1v) is 9.00. The van der Waals surface area contributed by atoms with Crippen LogP contribution in [0, 0.1) is 0 Å². The van der Waals surface area contributed by atoms with Gasteiger partial charge >= 0.3 is 0 Å². The van der Waals surface area contributed by atoms with Gasteiger partial charge in [-0.1, -0.05) is 0 Å². The Bertz CT molecular complexity index is 691. The standard InChI is InChI=1S/C19H27N5O2/c1-23(2)14-15-26-17-6-4-16(5-7-17)22-18(25)19(8-11-20-12-9-19)24-13-3-10-21-24/h3-7,10,13,20H,8-9,11-12,14-15H2,1-2H3,(H,22,25). The van der Waals surface area contributed by atoms with Crippen molar-refractivity contribution in [2.45, 2.75) is 18.4 Å². The van der Waals surface area contributed by atoms with Crippen molar-refractivity contribution in [3.63, 3.8) is 0 Å². The molecule has 1 saturated heterocycles. The summed E-state index contributed by atoms with van der Waals surface area (Å²) in [6, 6.07) is 9.38. The molecule has 7 heteroatoms. The zero-order chi connectivity index (χ0) is 18.4. The van der Waals surface area contributed by atoms with Gasteiger partial charge in [0.05, 0.1) is 0 Å². The molecule has 2 N–H and O–H groups in total. The van der Waals surface area contributed by atoms with Gasteiger partial charge in [-0.15, -0.1) is 0 Å². The predicted octanol–water partition coefficient (Wildman–Crippen LogP) is 1.54. The van der Waals surface area contributed by atoms with Crippen molar-refractivity contribution in [2.75, 3.05) is 45.7 Å². The molecule has 0 unspecified atom stereocenters. The number of rotatable bonds is 7. The second-order valence-electron chi connectivity index (χ2n) is 6.86. The predicted molar refractivity (Wildman–Crippen MR) is 101 cm³/mol. The molecular formula is C19H27N5O2. The van der Waals surface area contributed by atoms with E-state index in [1.165, 1.54) is 0 Å². The molecule has 0 atom stereocenters. The van der Waals surface area contributed by atoms with E-state index in [1.807, 2.05) is 50.6 Å². The maximum Gasteiger partial charge on any atom is 0.252 e. The van der Waals surface area contributed by atoms with E-state index in [4.69, 9.17) is 4.74 Å². The van der Waals surface area contributed by atoms with E-state index in [0.29, 0.717) is 19.4 Å². The molecule has 26 heavy (non-hydrogen) atoms. The highest BCUT2D eigenvalue weighted by molar-refractivity contribution is 5.96. The Morgan fingerprint density at radius 1 is 1.31 bits per heavy atom. The number of nitrogens with one attached hydrogen (secondary N) is 2. The lowest BCUT2D eigenvalue weighted by Gasteiger charge is -2.36. The minimum atomic E-state index is -0.643. The number of aromatic nitrogens is 2. The molecule has 1 amide bonds. The van der Waals surface area contributed by atoms with Gasteiger partial charge in [-0.3, -0.25) is 9.48 Å². The first-order valence-electron chi connectivity index (χ1n) is 9.00. The van der Waals surface area contributed by atoms with Crippen LogP contribution >= 0.6 is 0 Å². The van der Waals surface area contributed by atoms with E-state index in [2.05, 4.69) is 20.6 Å². The maximum absolute atomic E-state index is 13.1. The van der Waals surface area contributed by atoms with Crippen LogP contribution in [0.2, 0.25) is 0 Å². The van der Waals surface area contributed by atoms with E-state index in [1.54, 1.807) is 10.9 Å². The fourth-order valence-corrected chi connectivity index (χ4v) is 3.15. The number of benzene rings is 1. The smallest absolute Gasteiger partial charge is 0.252 e. The minimum absolute atomic E-state index is 0.0241. The van der Waals surface area contributed by atoms with Crippen molar-refractivity contribution in [1.82, 2.24) is 20.0 Å². The summed E-state index contributed by atoms with van der Waals surface area (Å²) in [4.78, 5) is 15.2. The van der Waals surface area contributed by atoms with Crippen LogP contribution in [0.15, 0.2) is 42.7 Å². The summed E-state index contributed by atoms with van der Waals surface area (Å²) < 4.78 is 7.49. The van der Waals surface area contributed by atoms with Crippen molar-refractivity contribution in [1.29, 1.82) is 0 Å². The largest absolute Gasteiger partial charge is 0.492 e. The topological polar surface area (TPSA) is 71.4 Å². The quantitative estimate of drug-likeness (QED) is 0.787. The van der Waals surface area contributed by atoms with E-state index in [0.717, 1.165) is 31.1 Å². The van der Waals surface area contributed by atoms with Gasteiger partial charge in [0.2, 0.25) is 0 Å². The zero-order valence-corrected chi connectivity index (χ0v) is 15.4. The molecule has 1 aliphatic heterocycles. The summed E-state index contributed by atoms with van der Waals surface area (Å²) >= 11 is 0. The number of hydrogen-bond donors (Lipinski definition) is 2. The third kappa shape index (κ3) is 4.23. The van der Waals surface area contributed by atoms with Crippen LogP contribution in [-0.2, 0) is 10.3 Å². The summed E-state index contributed by atoms with van der Waals surface area (Å²) in [5.41, 5.74) is 0.121. The van der Waals surface area contributed by atoms with Gasteiger partial charge in [0.25, 0.3) is 5.91 Å². The van der Waals surface area contributed by atoms with E-state index >= 15 is 0 Å². The van der Waals surface area contributed by atoms with Crippen LogP contribution < -0.4 is 15.4 Å². The molecular weight excluding hydrogens is 330 g/mol. The number of nitrogens with zero attached hydrogens (tertiary/aromatic N) is 3. The van der Waals surface area contributed by atoms with Crippen LogP contribution in [-0.4, -0.2) is 60.9 Å². The molecule has 2 aromatic rings. The van der Waals surface area contributed by atoms with Crippen molar-refractivity contribution < 1.29 is 9.53 Å². The molecule has 1 aromatic heterocycles. The fraction of sp³-hybridized carbons (Fsp3) is 0.474. The normalized spacial score (nSPS) is 16.4. The zero-order valence-electron chi connectivity index (χ0n) is 15.4. The number of carbonyl (C=O) groups is 1. The molecule has 0 spiro atoms. The molecule has 1 aromatic carbocycles. The molecule has 1 aliphatic rings. The highest BCUT2D eigenvalue weighted by Crippen LogP contribution is 2.29. The molecule has 0 radical (unpaired) electrons. The maximum atomic E-state index is 13.1. The Morgan fingerprint density at radius 3 is 2.65 bits per heavy atom. The Labute approximate surface area is 154 Å². The van der Waals surface area contributed by atoms with Crippen molar-refractivity contribution in [3.05, 3.63) is 42.7 Å². The second kappa shape index (κ2) is 8.33. The van der Waals surface area contributed by atoms with Crippen molar-refractivity contribution in [2.24, 2.45) is 0 Å². The van der Waals surface area contributed by atoms with Crippen molar-refractivity contribution >= 4 is 11.6 Å². The Hall–Kier alpha value is -2.38. The lowest BCUT2D eigenvalue weighted by atomic mass is 9.87. The first kappa shape index (κ1) is 18.4. The van der Waals surface area contributed by atoms with Gasteiger partial charge in [0, 0.05) is 24.6 Å². The average molecular weight is 357 g/mol. The third-order valence-corrected chi connectivity index (χ3v) is 4.72. The Kier molecular flexibility index (Phi) is 5.90. The van der Waals surface area contributed by atoms with Crippen LogP contribution in [0.1, 0.15) is 12.8 Å². The summed E-state index contributed by atoms with van der Waals surface area (Å²) in [6.45, 7) is 3.09. The third-order valence-electron chi connectivity index (χ3n) is 4.72. The molecule has 0 saturated carbocycles. The molecule has 7 nitrogen and oxygen atoms in total. The van der Waals surface area contributed by atoms with Crippen LogP contribution in [0.5, 0.6) is 5.75 Å². The number of amides is 1. The lowest BCUT2D eigenvalue weighted by molar-refractivity contribution is -0.126.